The van der Waals surface area contributed by atoms with E-state index in [1.54, 1.807) is 0 Å². The fourth-order valence-corrected chi connectivity index (χ4v) is 0.711. The predicted molar refractivity (Wildman–Crippen MR) is 61.6 cm³/mol. The highest BCUT2D eigenvalue weighted by Gasteiger charge is 2.42. The number of nitrogens with two attached hydrogens (primary N) is 2. The highest BCUT2D eigenvalue weighted by molar-refractivity contribution is 5.74. The van der Waals surface area contributed by atoms with Crippen LogP contribution in [0.5, 0.6) is 0 Å². The van der Waals surface area contributed by atoms with Crippen LogP contribution in [0.1, 0.15) is 20.8 Å². The van der Waals surface area contributed by atoms with E-state index in [-0.39, 0.29) is 0 Å². The van der Waals surface area contributed by atoms with Crippen molar-refractivity contribution in [3.05, 3.63) is 0 Å². The van der Waals surface area contributed by atoms with Crippen molar-refractivity contribution in [1.82, 2.24) is 0 Å². The Labute approximate surface area is 112 Å². The zero-order chi connectivity index (χ0) is 16.9. The predicted octanol–water partition coefficient (Wildman–Crippen LogP) is 0.743. The molecule has 0 amide bonds. The summed E-state index contributed by atoms with van der Waals surface area (Å²) < 4.78 is 47.7. The second-order valence-corrected chi connectivity index (χ2v) is 4.57. The van der Waals surface area contributed by atoms with E-state index in [1.807, 2.05) is 0 Å². The maximum atomic E-state index is 12.5. The van der Waals surface area contributed by atoms with E-state index in [4.69, 9.17) is 21.7 Å². The Bertz CT molecular complexity index is 341. The number of alkyl halides is 4. The molecular formula is C10H18F4N2O4. The SMILES string of the molecule is CC(C)(F)[C@H](N)C(=O)O.CC([C@H](N)C(=O)O)C(F)(F)F. The number of carboxylic acid groups (broad SMARTS) is 2. The third-order valence-corrected chi connectivity index (χ3v) is 2.35. The molecule has 3 atom stereocenters. The van der Waals surface area contributed by atoms with Crippen molar-refractivity contribution < 1.29 is 37.4 Å². The maximum Gasteiger partial charge on any atom is 0.393 e. The first-order valence-corrected chi connectivity index (χ1v) is 5.34. The number of hydrogen-bond donors (Lipinski definition) is 4. The third kappa shape index (κ3) is 7.89. The normalized spacial score (nSPS) is 16.4. The molecule has 6 N–H and O–H groups in total. The Hall–Kier alpha value is -1.42. The van der Waals surface area contributed by atoms with Crippen LogP contribution in [-0.4, -0.2) is 46.1 Å². The molecule has 0 saturated carbocycles. The number of aliphatic carboxylic acids is 2. The van der Waals surface area contributed by atoms with Gasteiger partial charge in [0.05, 0.1) is 5.92 Å². The molecule has 0 aliphatic rings. The number of carboxylic acids is 2. The summed E-state index contributed by atoms with van der Waals surface area (Å²) in [7, 11) is 0. The fourth-order valence-electron chi connectivity index (χ4n) is 0.711. The second kappa shape index (κ2) is 7.39. The molecular weight excluding hydrogens is 288 g/mol. The average molecular weight is 306 g/mol. The molecule has 0 aliphatic heterocycles. The molecule has 20 heavy (non-hydrogen) atoms. The summed E-state index contributed by atoms with van der Waals surface area (Å²) in [5, 5.41) is 16.2. The van der Waals surface area contributed by atoms with Gasteiger partial charge in [-0.2, -0.15) is 13.2 Å². The maximum absolute atomic E-state index is 12.5. The van der Waals surface area contributed by atoms with Gasteiger partial charge in [-0.15, -0.1) is 0 Å². The molecule has 0 spiro atoms. The highest BCUT2D eigenvalue weighted by Crippen LogP contribution is 2.27. The lowest BCUT2D eigenvalue weighted by Crippen LogP contribution is -2.45. The van der Waals surface area contributed by atoms with Crippen LogP contribution in [0, 0.1) is 5.92 Å². The van der Waals surface area contributed by atoms with E-state index in [0.717, 1.165) is 20.8 Å². The van der Waals surface area contributed by atoms with Gasteiger partial charge in [0.2, 0.25) is 0 Å². The van der Waals surface area contributed by atoms with Gasteiger partial charge in [-0.25, -0.2) is 4.39 Å². The lowest BCUT2D eigenvalue weighted by molar-refractivity contribution is -0.182. The van der Waals surface area contributed by atoms with Crippen LogP contribution in [-0.2, 0) is 9.59 Å². The van der Waals surface area contributed by atoms with E-state index in [0.29, 0.717) is 0 Å². The molecule has 0 saturated heterocycles. The minimum Gasteiger partial charge on any atom is -0.480 e. The van der Waals surface area contributed by atoms with Crippen LogP contribution in [0.2, 0.25) is 0 Å². The van der Waals surface area contributed by atoms with Crippen LogP contribution >= 0.6 is 0 Å². The van der Waals surface area contributed by atoms with Gasteiger partial charge in [0.25, 0.3) is 0 Å². The summed E-state index contributed by atoms with van der Waals surface area (Å²) >= 11 is 0. The summed E-state index contributed by atoms with van der Waals surface area (Å²) in [6, 6.07) is -3.31. The lowest BCUT2D eigenvalue weighted by Gasteiger charge is -2.18. The largest absolute Gasteiger partial charge is 0.480 e. The van der Waals surface area contributed by atoms with Crippen LogP contribution in [0.25, 0.3) is 0 Å². The second-order valence-electron chi connectivity index (χ2n) is 4.57. The zero-order valence-corrected chi connectivity index (χ0v) is 11.1. The average Bonchev–Trinajstić information content (AvgIpc) is 2.23. The van der Waals surface area contributed by atoms with Crippen molar-refractivity contribution in [2.45, 2.75) is 44.7 Å². The summed E-state index contributed by atoms with van der Waals surface area (Å²) in [5.41, 5.74) is 7.80. The minimum atomic E-state index is -4.54. The van der Waals surface area contributed by atoms with Crippen LogP contribution < -0.4 is 11.5 Å². The molecule has 0 radical (unpaired) electrons. The Morgan fingerprint density at radius 2 is 1.35 bits per heavy atom. The molecule has 0 rings (SSSR count). The van der Waals surface area contributed by atoms with Crippen molar-refractivity contribution in [1.29, 1.82) is 0 Å². The van der Waals surface area contributed by atoms with Crippen molar-refractivity contribution in [2.75, 3.05) is 0 Å². The molecule has 10 heteroatoms. The van der Waals surface area contributed by atoms with Gasteiger partial charge < -0.3 is 21.7 Å². The smallest absolute Gasteiger partial charge is 0.393 e. The molecule has 0 fully saturated rings. The minimum absolute atomic E-state index is 0.735. The summed E-state index contributed by atoms with van der Waals surface area (Å²) in [6.45, 7) is 3.00. The topological polar surface area (TPSA) is 127 Å². The van der Waals surface area contributed by atoms with Crippen molar-refractivity contribution in [3.63, 3.8) is 0 Å². The van der Waals surface area contributed by atoms with E-state index >= 15 is 0 Å². The van der Waals surface area contributed by atoms with Gasteiger partial charge in [0.15, 0.2) is 0 Å². The van der Waals surface area contributed by atoms with Crippen LogP contribution in [0.4, 0.5) is 17.6 Å². The van der Waals surface area contributed by atoms with Crippen molar-refractivity contribution in [2.24, 2.45) is 17.4 Å². The first-order valence-electron chi connectivity index (χ1n) is 5.34. The molecule has 0 aromatic carbocycles. The molecule has 1 unspecified atom stereocenters. The standard InChI is InChI=1S/C5H8F3NO2.C5H10FNO2/c1-2(5(6,7)8)3(9)4(10)11;1-5(2,6)3(7)4(8)9/h2-3H,9H2,1H3,(H,10,11);3H,7H2,1-2H3,(H,8,9)/t2?,3-;3-/m01/s1. The first kappa shape index (κ1) is 20.9. The molecule has 6 nitrogen and oxygen atoms in total. The Balaban J connectivity index is 0. The highest BCUT2D eigenvalue weighted by atomic mass is 19.4. The van der Waals surface area contributed by atoms with E-state index in [1.165, 1.54) is 0 Å². The van der Waals surface area contributed by atoms with Gasteiger partial charge in [0.1, 0.15) is 17.8 Å². The van der Waals surface area contributed by atoms with E-state index in [9.17, 15) is 27.2 Å². The fraction of sp³-hybridized carbons (Fsp3) is 0.800. The van der Waals surface area contributed by atoms with E-state index in [2.05, 4.69) is 0 Å². The number of carbonyl (C=O) groups is 2. The van der Waals surface area contributed by atoms with E-state index < -0.39 is 41.8 Å². The van der Waals surface area contributed by atoms with Gasteiger partial charge in [-0.05, 0) is 13.8 Å². The van der Waals surface area contributed by atoms with Crippen LogP contribution in [0.3, 0.4) is 0 Å². The summed E-state index contributed by atoms with van der Waals surface area (Å²) in [4.78, 5) is 19.9. The van der Waals surface area contributed by atoms with Gasteiger partial charge in [-0.3, -0.25) is 9.59 Å². The van der Waals surface area contributed by atoms with Gasteiger partial charge >= 0.3 is 18.1 Å². The first-order chi connectivity index (χ1) is 8.62. The molecule has 120 valence electrons. The zero-order valence-electron chi connectivity index (χ0n) is 11.1. The van der Waals surface area contributed by atoms with Gasteiger partial charge in [-0.1, -0.05) is 6.92 Å². The molecule has 0 aromatic heterocycles. The number of rotatable bonds is 4. The molecule has 0 aliphatic carbocycles. The van der Waals surface area contributed by atoms with Gasteiger partial charge in [0, 0.05) is 0 Å². The van der Waals surface area contributed by atoms with Crippen molar-refractivity contribution in [3.8, 4) is 0 Å². The third-order valence-electron chi connectivity index (χ3n) is 2.35. The quantitative estimate of drug-likeness (QED) is 0.567. The number of halogens is 4. The number of hydrogen-bond acceptors (Lipinski definition) is 4. The van der Waals surface area contributed by atoms with Crippen LogP contribution in [0.15, 0.2) is 0 Å². The molecule has 0 bridgehead atoms. The Kier molecular flexibility index (Phi) is 7.71. The molecule has 0 aromatic rings. The summed E-state index contributed by atoms with van der Waals surface area (Å²) in [5.74, 6) is -4.97. The summed E-state index contributed by atoms with van der Waals surface area (Å²) in [6.07, 6.45) is -4.54. The molecule has 0 heterocycles. The Morgan fingerprint density at radius 3 is 1.40 bits per heavy atom. The lowest BCUT2D eigenvalue weighted by atomic mass is 10.0. The van der Waals surface area contributed by atoms with Crippen molar-refractivity contribution >= 4 is 11.9 Å². The Morgan fingerprint density at radius 1 is 1.00 bits per heavy atom. The monoisotopic (exact) mass is 306 g/mol.